The van der Waals surface area contributed by atoms with Crippen LogP contribution in [-0.4, -0.2) is 30.6 Å². The summed E-state index contributed by atoms with van der Waals surface area (Å²) in [5, 5.41) is 0. The van der Waals surface area contributed by atoms with Crippen LogP contribution in [0.2, 0.25) is 0 Å². The second-order valence-electron chi connectivity index (χ2n) is 3.84. The van der Waals surface area contributed by atoms with Crippen LogP contribution in [0.3, 0.4) is 0 Å². The molecule has 1 aliphatic rings. The Bertz CT molecular complexity index is 110. The van der Waals surface area contributed by atoms with Gasteiger partial charge >= 0.3 is 0 Å². The molecule has 1 heterocycles. The molecule has 0 saturated carbocycles. The number of piperidine rings is 1. The van der Waals surface area contributed by atoms with Crippen molar-refractivity contribution in [1.82, 2.24) is 4.90 Å². The maximum atomic E-state index is 5.85. The Balaban J connectivity index is 2.23. The van der Waals surface area contributed by atoms with Crippen molar-refractivity contribution in [3.05, 3.63) is 5.92 Å². The van der Waals surface area contributed by atoms with Gasteiger partial charge in [-0.3, -0.25) is 0 Å². The maximum absolute atomic E-state index is 5.85. The van der Waals surface area contributed by atoms with E-state index >= 15 is 0 Å². The van der Waals surface area contributed by atoms with E-state index in [1.807, 2.05) is 0 Å². The van der Waals surface area contributed by atoms with Gasteiger partial charge in [-0.05, 0) is 25.3 Å². The van der Waals surface area contributed by atoms with Gasteiger partial charge in [0.15, 0.2) is 0 Å². The second-order valence-corrected chi connectivity index (χ2v) is 3.84. The highest BCUT2D eigenvalue weighted by Crippen LogP contribution is 2.10. The molecule has 0 aromatic heterocycles. The molecule has 1 unspecified atom stereocenters. The van der Waals surface area contributed by atoms with Gasteiger partial charge < -0.3 is 10.6 Å². The summed E-state index contributed by atoms with van der Waals surface area (Å²) in [5.74, 6) is 1.49. The summed E-state index contributed by atoms with van der Waals surface area (Å²) >= 11 is 0. The Morgan fingerprint density at radius 3 is 2.82 bits per heavy atom. The monoisotopic (exact) mass is 155 g/mol. The van der Waals surface area contributed by atoms with Crippen LogP contribution in [-0.2, 0) is 0 Å². The van der Waals surface area contributed by atoms with E-state index in [2.05, 4.69) is 18.7 Å². The van der Waals surface area contributed by atoms with E-state index in [1.165, 1.54) is 25.3 Å². The molecule has 1 fully saturated rings. The molecule has 65 valence electrons. The third-order valence-electron chi connectivity index (χ3n) is 2.08. The summed E-state index contributed by atoms with van der Waals surface area (Å²) in [5.41, 5.74) is 5.85. The average molecular weight is 155 g/mol. The Hall–Kier alpha value is -0.0800. The molecule has 1 saturated heterocycles. The van der Waals surface area contributed by atoms with E-state index in [0.717, 1.165) is 13.1 Å². The molecule has 1 atom stereocenters. The number of nitrogens with zero attached hydrogens (tertiary/aromatic N) is 1. The summed E-state index contributed by atoms with van der Waals surface area (Å²) in [6, 6.07) is 0.420. The first-order valence-corrected chi connectivity index (χ1v) is 4.45. The van der Waals surface area contributed by atoms with Crippen molar-refractivity contribution >= 4 is 0 Å². The Kier molecular flexibility index (Phi) is 3.34. The smallest absolute Gasteiger partial charge is 0.0168 e. The van der Waals surface area contributed by atoms with Crippen molar-refractivity contribution in [3.8, 4) is 0 Å². The van der Waals surface area contributed by atoms with Crippen molar-refractivity contribution in [3.63, 3.8) is 0 Å². The predicted octanol–water partition coefficient (Wildman–Crippen LogP) is 1.02. The molecule has 0 spiro atoms. The van der Waals surface area contributed by atoms with Crippen LogP contribution in [0.1, 0.15) is 26.7 Å². The zero-order chi connectivity index (χ0) is 8.27. The van der Waals surface area contributed by atoms with E-state index in [4.69, 9.17) is 5.73 Å². The lowest BCUT2D eigenvalue weighted by molar-refractivity contribution is 0.217. The zero-order valence-corrected chi connectivity index (χ0v) is 7.64. The van der Waals surface area contributed by atoms with Gasteiger partial charge in [-0.2, -0.15) is 0 Å². The summed E-state index contributed by atoms with van der Waals surface area (Å²) in [6.45, 7) is 7.82. The molecule has 2 N–H and O–H groups in total. The molecule has 1 rings (SSSR count). The van der Waals surface area contributed by atoms with Gasteiger partial charge in [0, 0.05) is 19.1 Å². The third-order valence-corrected chi connectivity index (χ3v) is 2.08. The molecule has 1 radical (unpaired) electrons. The normalized spacial score (nSPS) is 27.8. The van der Waals surface area contributed by atoms with Crippen molar-refractivity contribution in [1.29, 1.82) is 0 Å². The lowest BCUT2D eigenvalue weighted by Crippen LogP contribution is -2.43. The van der Waals surface area contributed by atoms with Gasteiger partial charge in [-0.1, -0.05) is 13.8 Å². The van der Waals surface area contributed by atoms with Crippen LogP contribution in [0.15, 0.2) is 0 Å². The van der Waals surface area contributed by atoms with E-state index in [0.29, 0.717) is 6.04 Å². The molecule has 2 heteroatoms. The molecule has 11 heavy (non-hydrogen) atoms. The first-order valence-electron chi connectivity index (χ1n) is 4.45. The molecule has 2 nitrogen and oxygen atoms in total. The van der Waals surface area contributed by atoms with Crippen LogP contribution < -0.4 is 5.73 Å². The number of likely N-dealkylation sites (tertiary alicyclic amines) is 1. The highest BCUT2D eigenvalue weighted by atomic mass is 15.1. The lowest BCUT2D eigenvalue weighted by atomic mass is 10.1. The topological polar surface area (TPSA) is 29.3 Å². The van der Waals surface area contributed by atoms with Gasteiger partial charge in [-0.15, -0.1) is 0 Å². The van der Waals surface area contributed by atoms with Gasteiger partial charge in [0.25, 0.3) is 0 Å². The molecule has 0 aromatic rings. The molecular formula is C9H19N2. The zero-order valence-electron chi connectivity index (χ0n) is 7.64. The first-order chi connectivity index (χ1) is 5.18. The Morgan fingerprint density at radius 2 is 2.27 bits per heavy atom. The standard InChI is InChI=1S/C9H19N2/c1-8(2)6-11-5-3-4-9(10)7-11/h9H,3-7,10H2,1-2H3. The van der Waals surface area contributed by atoms with Gasteiger partial charge in [0.2, 0.25) is 0 Å². The summed E-state index contributed by atoms with van der Waals surface area (Å²) in [4.78, 5) is 2.45. The van der Waals surface area contributed by atoms with E-state index in [-0.39, 0.29) is 0 Å². The molecule has 0 aromatic carbocycles. The van der Waals surface area contributed by atoms with Crippen molar-refractivity contribution in [2.45, 2.75) is 32.7 Å². The van der Waals surface area contributed by atoms with Gasteiger partial charge in [0.1, 0.15) is 0 Å². The quantitative estimate of drug-likeness (QED) is 0.645. The van der Waals surface area contributed by atoms with Gasteiger partial charge in [-0.25, -0.2) is 0 Å². The first kappa shape index (κ1) is 9.01. The number of hydrogen-bond donors (Lipinski definition) is 1. The fourth-order valence-electron chi connectivity index (χ4n) is 1.68. The molecule has 0 bridgehead atoms. The van der Waals surface area contributed by atoms with Crippen LogP contribution in [0.5, 0.6) is 0 Å². The second kappa shape index (κ2) is 4.07. The molecular weight excluding hydrogens is 136 g/mol. The van der Waals surface area contributed by atoms with Crippen LogP contribution in [0, 0.1) is 5.92 Å². The highest BCUT2D eigenvalue weighted by molar-refractivity contribution is 4.85. The largest absolute Gasteiger partial charge is 0.327 e. The van der Waals surface area contributed by atoms with E-state index in [9.17, 15) is 0 Å². The van der Waals surface area contributed by atoms with Gasteiger partial charge in [0.05, 0.1) is 0 Å². The van der Waals surface area contributed by atoms with Crippen molar-refractivity contribution in [2.24, 2.45) is 5.73 Å². The molecule has 0 aliphatic carbocycles. The van der Waals surface area contributed by atoms with Crippen molar-refractivity contribution in [2.75, 3.05) is 19.6 Å². The van der Waals surface area contributed by atoms with E-state index < -0.39 is 0 Å². The lowest BCUT2D eigenvalue weighted by Gasteiger charge is -2.31. The van der Waals surface area contributed by atoms with Crippen LogP contribution >= 0.6 is 0 Å². The third kappa shape index (κ3) is 3.21. The highest BCUT2D eigenvalue weighted by Gasteiger charge is 2.16. The minimum Gasteiger partial charge on any atom is -0.327 e. The average Bonchev–Trinajstić information content (AvgIpc) is 1.85. The summed E-state index contributed by atoms with van der Waals surface area (Å²) < 4.78 is 0. The number of nitrogens with two attached hydrogens (primary N) is 1. The predicted molar refractivity (Wildman–Crippen MR) is 48.2 cm³/mol. The fourth-order valence-corrected chi connectivity index (χ4v) is 1.68. The van der Waals surface area contributed by atoms with Crippen LogP contribution in [0.25, 0.3) is 0 Å². The minimum atomic E-state index is 0.420. The van der Waals surface area contributed by atoms with Crippen molar-refractivity contribution < 1.29 is 0 Å². The maximum Gasteiger partial charge on any atom is 0.0168 e. The summed E-state index contributed by atoms with van der Waals surface area (Å²) in [7, 11) is 0. The summed E-state index contributed by atoms with van der Waals surface area (Å²) in [6.07, 6.45) is 2.48. The molecule has 0 amide bonds. The Labute approximate surface area is 69.8 Å². The van der Waals surface area contributed by atoms with Crippen LogP contribution in [0.4, 0.5) is 0 Å². The number of hydrogen-bond acceptors (Lipinski definition) is 2. The van der Waals surface area contributed by atoms with E-state index in [1.54, 1.807) is 0 Å². The fraction of sp³-hybridized carbons (Fsp3) is 0.889. The molecule has 1 aliphatic heterocycles. The SMILES string of the molecule is C[C](C)CN1CCCC(N)C1. The number of rotatable bonds is 2. The minimum absolute atomic E-state index is 0.420. The Morgan fingerprint density at radius 1 is 1.55 bits per heavy atom.